The topological polar surface area (TPSA) is 21.6 Å². The molecule has 2 nitrogen and oxygen atoms in total. The number of thioether (sulfide) groups is 1. The van der Waals surface area contributed by atoms with Crippen molar-refractivity contribution in [2.45, 2.75) is 4.90 Å². The lowest BCUT2D eigenvalue weighted by Crippen LogP contribution is -2.04. The highest BCUT2D eigenvalue weighted by Gasteiger charge is 2.00. The van der Waals surface area contributed by atoms with E-state index >= 15 is 0 Å². The Bertz CT molecular complexity index is 846. The zero-order valence-electron chi connectivity index (χ0n) is 13.4. The molecular formula is C21H16BrNOS. The first kappa shape index (κ1) is 17.5. The van der Waals surface area contributed by atoms with Gasteiger partial charge in [-0.1, -0.05) is 64.1 Å². The Hall–Kier alpha value is -2.30. The van der Waals surface area contributed by atoms with E-state index < -0.39 is 0 Å². The van der Waals surface area contributed by atoms with Crippen LogP contribution in [0.15, 0.2) is 111 Å². The maximum atomic E-state index is 5.92. The molecule has 4 heteroatoms. The molecule has 0 spiro atoms. The van der Waals surface area contributed by atoms with Crippen LogP contribution in [-0.2, 0) is 0 Å². The Labute approximate surface area is 160 Å². The van der Waals surface area contributed by atoms with Crippen LogP contribution in [0.25, 0.3) is 0 Å². The molecule has 0 saturated heterocycles. The Morgan fingerprint density at radius 3 is 2.16 bits per heavy atom. The molecule has 0 atom stereocenters. The third kappa shape index (κ3) is 5.93. The Morgan fingerprint density at radius 2 is 1.48 bits per heavy atom. The van der Waals surface area contributed by atoms with Crippen molar-refractivity contribution in [1.82, 2.24) is 0 Å². The molecule has 25 heavy (non-hydrogen) atoms. The average molecular weight is 410 g/mol. The first-order chi connectivity index (χ1) is 12.3. The van der Waals surface area contributed by atoms with Gasteiger partial charge in [-0.2, -0.15) is 0 Å². The highest BCUT2D eigenvalue weighted by atomic mass is 79.9. The molecule has 0 aliphatic rings. The number of halogens is 1. The van der Waals surface area contributed by atoms with Crippen LogP contribution in [0.2, 0.25) is 0 Å². The van der Waals surface area contributed by atoms with E-state index in [4.69, 9.17) is 4.74 Å². The van der Waals surface area contributed by atoms with Crippen LogP contribution in [0.4, 0.5) is 5.69 Å². The largest absolute Gasteiger partial charge is 0.439 e. The van der Waals surface area contributed by atoms with Crippen molar-refractivity contribution in [2.75, 3.05) is 0 Å². The van der Waals surface area contributed by atoms with E-state index in [1.807, 2.05) is 84.3 Å². The normalized spacial score (nSPS) is 11.6. The number of ether oxygens (including phenoxy) is 1. The molecule has 0 heterocycles. The monoisotopic (exact) mass is 409 g/mol. The quantitative estimate of drug-likeness (QED) is 0.260. The van der Waals surface area contributed by atoms with Crippen molar-refractivity contribution >= 4 is 39.3 Å². The summed E-state index contributed by atoms with van der Waals surface area (Å²) in [5, 5.41) is 1.98. The molecule has 3 aromatic rings. The van der Waals surface area contributed by atoms with Crippen LogP contribution >= 0.6 is 27.7 Å². The lowest BCUT2D eigenvalue weighted by molar-refractivity contribution is 0.556. The third-order valence-corrected chi connectivity index (χ3v) is 4.53. The second-order valence-electron chi connectivity index (χ2n) is 5.08. The molecule has 0 unspecified atom stereocenters. The first-order valence-corrected chi connectivity index (χ1v) is 9.42. The van der Waals surface area contributed by atoms with Crippen molar-refractivity contribution in [3.63, 3.8) is 0 Å². The SMILES string of the molecule is Brc1ccc(S/C=C/C(=N/c2ccccc2)Oc2ccccc2)cc1. The van der Waals surface area contributed by atoms with Gasteiger partial charge in [-0.15, -0.1) is 0 Å². The van der Waals surface area contributed by atoms with E-state index in [9.17, 15) is 0 Å². The summed E-state index contributed by atoms with van der Waals surface area (Å²) >= 11 is 5.06. The van der Waals surface area contributed by atoms with Gasteiger partial charge in [0.2, 0.25) is 5.90 Å². The lowest BCUT2D eigenvalue weighted by Gasteiger charge is -2.05. The predicted molar refractivity (Wildman–Crippen MR) is 110 cm³/mol. The van der Waals surface area contributed by atoms with E-state index in [1.165, 1.54) is 0 Å². The Kier molecular flexibility index (Phi) is 6.48. The van der Waals surface area contributed by atoms with Gasteiger partial charge >= 0.3 is 0 Å². The van der Waals surface area contributed by atoms with Gasteiger partial charge in [0.25, 0.3) is 0 Å². The summed E-state index contributed by atoms with van der Waals surface area (Å²) < 4.78 is 6.99. The number of hydrogen-bond donors (Lipinski definition) is 0. The van der Waals surface area contributed by atoms with E-state index in [2.05, 4.69) is 33.1 Å². The number of hydrogen-bond acceptors (Lipinski definition) is 3. The van der Waals surface area contributed by atoms with E-state index in [0.717, 1.165) is 20.8 Å². The fourth-order valence-electron chi connectivity index (χ4n) is 2.02. The Morgan fingerprint density at radius 1 is 0.840 bits per heavy atom. The minimum atomic E-state index is 0.544. The molecule has 0 saturated carbocycles. The van der Waals surface area contributed by atoms with Crippen LogP contribution in [-0.4, -0.2) is 5.90 Å². The summed E-state index contributed by atoms with van der Waals surface area (Å²) in [6.07, 6.45) is 1.88. The molecule has 3 rings (SSSR count). The van der Waals surface area contributed by atoms with E-state index in [0.29, 0.717) is 5.90 Å². The van der Waals surface area contributed by atoms with E-state index in [1.54, 1.807) is 11.8 Å². The molecule has 0 amide bonds. The second kappa shape index (κ2) is 9.25. The molecule has 124 valence electrons. The number of benzene rings is 3. The number of aliphatic imine (C=N–C) groups is 1. The van der Waals surface area contributed by atoms with Gasteiger partial charge in [0, 0.05) is 15.4 Å². The van der Waals surface area contributed by atoms with Crippen molar-refractivity contribution in [3.05, 3.63) is 101 Å². The molecule has 0 bridgehead atoms. The average Bonchev–Trinajstić information content (AvgIpc) is 2.65. The number of nitrogens with zero attached hydrogens (tertiary/aromatic N) is 1. The van der Waals surface area contributed by atoms with Crippen LogP contribution in [0.5, 0.6) is 5.75 Å². The zero-order valence-corrected chi connectivity index (χ0v) is 15.8. The van der Waals surface area contributed by atoms with Crippen LogP contribution < -0.4 is 4.74 Å². The van der Waals surface area contributed by atoms with Gasteiger partial charge < -0.3 is 4.74 Å². The summed E-state index contributed by atoms with van der Waals surface area (Å²) in [4.78, 5) is 5.74. The minimum Gasteiger partial charge on any atom is -0.439 e. The van der Waals surface area contributed by atoms with E-state index in [-0.39, 0.29) is 0 Å². The van der Waals surface area contributed by atoms with Gasteiger partial charge in [0.05, 0.1) is 5.69 Å². The van der Waals surface area contributed by atoms with Gasteiger partial charge in [-0.3, -0.25) is 0 Å². The van der Waals surface area contributed by atoms with Crippen molar-refractivity contribution in [2.24, 2.45) is 4.99 Å². The zero-order chi connectivity index (χ0) is 17.3. The maximum Gasteiger partial charge on any atom is 0.220 e. The summed E-state index contributed by atoms with van der Waals surface area (Å²) in [6.45, 7) is 0. The molecule has 0 fully saturated rings. The lowest BCUT2D eigenvalue weighted by atomic mass is 10.3. The van der Waals surface area contributed by atoms with Crippen molar-refractivity contribution < 1.29 is 4.74 Å². The summed E-state index contributed by atoms with van der Waals surface area (Å²) in [5.41, 5.74) is 0.853. The minimum absolute atomic E-state index is 0.544. The molecule has 0 aromatic heterocycles. The first-order valence-electron chi connectivity index (χ1n) is 7.75. The van der Waals surface area contributed by atoms with Gasteiger partial charge in [-0.25, -0.2) is 4.99 Å². The highest BCUT2D eigenvalue weighted by Crippen LogP contribution is 2.22. The van der Waals surface area contributed by atoms with Crippen molar-refractivity contribution in [3.8, 4) is 5.75 Å². The van der Waals surface area contributed by atoms with Crippen LogP contribution in [0.1, 0.15) is 0 Å². The van der Waals surface area contributed by atoms with Gasteiger partial charge in [-0.05, 0) is 53.9 Å². The van der Waals surface area contributed by atoms with Crippen LogP contribution in [0.3, 0.4) is 0 Å². The summed E-state index contributed by atoms with van der Waals surface area (Å²) in [5.74, 6) is 1.30. The fourth-order valence-corrected chi connectivity index (χ4v) is 2.92. The smallest absolute Gasteiger partial charge is 0.220 e. The molecule has 0 radical (unpaired) electrons. The fraction of sp³-hybridized carbons (Fsp3) is 0. The molecule has 0 N–H and O–H groups in total. The third-order valence-electron chi connectivity index (χ3n) is 3.19. The summed E-state index contributed by atoms with van der Waals surface area (Å²) in [7, 11) is 0. The standard InChI is InChI=1S/C21H16BrNOS/c22-17-11-13-20(14-12-17)25-16-15-21(23-18-7-3-1-4-8-18)24-19-9-5-2-6-10-19/h1-16H/b16-15+,23-21-. The molecule has 3 aromatic carbocycles. The number of para-hydroxylation sites is 2. The predicted octanol–water partition coefficient (Wildman–Crippen LogP) is 6.86. The van der Waals surface area contributed by atoms with Crippen LogP contribution in [0, 0.1) is 0 Å². The Balaban J connectivity index is 1.77. The summed E-state index contributed by atoms with van der Waals surface area (Å²) in [6, 6.07) is 27.6. The highest BCUT2D eigenvalue weighted by molar-refractivity contribution is 9.10. The van der Waals surface area contributed by atoms with Crippen molar-refractivity contribution in [1.29, 1.82) is 0 Å². The second-order valence-corrected chi connectivity index (χ2v) is 6.97. The van der Waals surface area contributed by atoms with Gasteiger partial charge in [0.1, 0.15) is 5.75 Å². The maximum absolute atomic E-state index is 5.92. The molecule has 0 aliphatic heterocycles. The van der Waals surface area contributed by atoms with Gasteiger partial charge in [0.15, 0.2) is 0 Å². The molecule has 0 aliphatic carbocycles. The number of rotatable bonds is 5. The molecular weight excluding hydrogens is 394 g/mol.